The molecule has 1 heterocycles. The smallest absolute Gasteiger partial charge is 0.0606 e. The van der Waals surface area contributed by atoms with Crippen molar-refractivity contribution in [3.05, 3.63) is 46.2 Å². The Bertz CT molecular complexity index is 471. The first kappa shape index (κ1) is 13.0. The van der Waals surface area contributed by atoms with Crippen LogP contribution in [0.25, 0.3) is 0 Å². The zero-order valence-corrected chi connectivity index (χ0v) is 11.8. The van der Waals surface area contributed by atoms with Crippen LogP contribution in [-0.2, 0) is 0 Å². The number of anilines is 2. The van der Waals surface area contributed by atoms with Gasteiger partial charge in [-0.15, -0.1) is 11.3 Å². The van der Waals surface area contributed by atoms with Gasteiger partial charge in [0.2, 0.25) is 0 Å². The molecule has 0 saturated carbocycles. The Morgan fingerprint density at radius 1 is 1.33 bits per heavy atom. The molecule has 0 aliphatic heterocycles. The van der Waals surface area contributed by atoms with Gasteiger partial charge in [-0.05, 0) is 48.6 Å². The van der Waals surface area contributed by atoms with Crippen LogP contribution in [0.3, 0.4) is 0 Å². The van der Waals surface area contributed by atoms with Crippen LogP contribution in [0.15, 0.2) is 35.7 Å². The van der Waals surface area contributed by atoms with Crippen LogP contribution in [0.4, 0.5) is 11.4 Å². The van der Waals surface area contributed by atoms with Gasteiger partial charge in [0, 0.05) is 16.3 Å². The minimum Gasteiger partial charge on any atom is -0.399 e. The summed E-state index contributed by atoms with van der Waals surface area (Å²) in [6.07, 6.45) is 2.30. The summed E-state index contributed by atoms with van der Waals surface area (Å²) in [7, 11) is 0. The molecule has 0 bridgehead atoms. The molecule has 0 radical (unpaired) electrons. The maximum absolute atomic E-state index is 5.89. The predicted molar refractivity (Wildman–Crippen MR) is 81.2 cm³/mol. The monoisotopic (exact) mass is 260 g/mol. The number of nitrogens with two attached hydrogens (primary N) is 1. The number of rotatable bonds is 5. The summed E-state index contributed by atoms with van der Waals surface area (Å²) in [5.41, 5.74) is 9.01. The second kappa shape index (κ2) is 5.91. The van der Waals surface area contributed by atoms with E-state index in [1.54, 1.807) is 11.3 Å². The third kappa shape index (κ3) is 3.26. The Balaban J connectivity index is 2.18. The average Bonchev–Trinajstić information content (AvgIpc) is 2.80. The van der Waals surface area contributed by atoms with Crippen LogP contribution >= 0.6 is 11.3 Å². The van der Waals surface area contributed by atoms with E-state index in [1.807, 2.05) is 12.1 Å². The van der Waals surface area contributed by atoms with Crippen molar-refractivity contribution in [1.82, 2.24) is 0 Å². The minimum absolute atomic E-state index is 0.385. The zero-order valence-electron chi connectivity index (χ0n) is 10.9. The summed E-state index contributed by atoms with van der Waals surface area (Å²) in [4.78, 5) is 1.39. The molecule has 0 amide bonds. The number of aryl methyl sites for hydroxylation is 1. The molecule has 0 aliphatic carbocycles. The van der Waals surface area contributed by atoms with Crippen molar-refractivity contribution in [3.8, 4) is 0 Å². The van der Waals surface area contributed by atoms with Gasteiger partial charge >= 0.3 is 0 Å². The fraction of sp³-hybridized carbons (Fsp3) is 0.333. The number of thiophene rings is 1. The van der Waals surface area contributed by atoms with E-state index < -0.39 is 0 Å². The maximum Gasteiger partial charge on any atom is 0.0606 e. The highest BCUT2D eigenvalue weighted by atomic mass is 32.1. The average molecular weight is 260 g/mol. The van der Waals surface area contributed by atoms with Crippen molar-refractivity contribution >= 4 is 22.7 Å². The second-order valence-electron chi connectivity index (χ2n) is 4.63. The Morgan fingerprint density at radius 3 is 2.78 bits per heavy atom. The molecule has 1 unspecified atom stereocenters. The molecule has 1 atom stereocenters. The molecule has 0 aliphatic rings. The van der Waals surface area contributed by atoms with Gasteiger partial charge in [-0.2, -0.15) is 0 Å². The van der Waals surface area contributed by atoms with Crippen molar-refractivity contribution in [3.63, 3.8) is 0 Å². The number of nitrogens with one attached hydrogen (secondary N) is 1. The fourth-order valence-corrected chi connectivity index (χ4v) is 2.97. The fourth-order valence-electron chi connectivity index (χ4n) is 2.16. The third-order valence-electron chi connectivity index (χ3n) is 2.90. The van der Waals surface area contributed by atoms with Crippen molar-refractivity contribution in [2.24, 2.45) is 0 Å². The van der Waals surface area contributed by atoms with Crippen LogP contribution in [0.1, 0.15) is 36.2 Å². The molecule has 96 valence electrons. The molecule has 2 rings (SSSR count). The van der Waals surface area contributed by atoms with Crippen LogP contribution in [0, 0.1) is 6.92 Å². The number of benzene rings is 1. The highest BCUT2D eigenvalue weighted by molar-refractivity contribution is 7.10. The van der Waals surface area contributed by atoms with Gasteiger partial charge in [0.25, 0.3) is 0 Å². The van der Waals surface area contributed by atoms with Gasteiger partial charge in [-0.25, -0.2) is 0 Å². The first-order chi connectivity index (χ1) is 8.69. The molecule has 18 heavy (non-hydrogen) atoms. The maximum atomic E-state index is 5.89. The zero-order chi connectivity index (χ0) is 13.0. The molecule has 1 aromatic heterocycles. The lowest BCUT2D eigenvalue weighted by Gasteiger charge is -2.19. The number of hydrogen-bond donors (Lipinski definition) is 2. The Hall–Kier alpha value is -1.48. The van der Waals surface area contributed by atoms with E-state index in [9.17, 15) is 0 Å². The molecule has 3 N–H and O–H groups in total. The summed E-state index contributed by atoms with van der Waals surface area (Å²) >= 11 is 1.80. The third-order valence-corrected chi connectivity index (χ3v) is 3.89. The van der Waals surface area contributed by atoms with Gasteiger partial charge in [-0.3, -0.25) is 0 Å². The first-order valence-corrected chi connectivity index (χ1v) is 7.24. The molecule has 2 aromatic rings. The van der Waals surface area contributed by atoms with E-state index in [4.69, 9.17) is 5.73 Å². The van der Waals surface area contributed by atoms with E-state index in [-0.39, 0.29) is 0 Å². The minimum atomic E-state index is 0.385. The molecule has 1 aromatic carbocycles. The summed E-state index contributed by atoms with van der Waals surface area (Å²) in [6, 6.07) is 10.8. The Morgan fingerprint density at radius 2 is 2.17 bits per heavy atom. The summed E-state index contributed by atoms with van der Waals surface area (Å²) in [6.45, 7) is 4.29. The van der Waals surface area contributed by atoms with E-state index in [1.165, 1.54) is 10.4 Å². The molecule has 0 spiro atoms. The molecule has 2 nitrogen and oxygen atoms in total. The molecular weight excluding hydrogens is 240 g/mol. The lowest BCUT2D eigenvalue weighted by atomic mass is 10.1. The van der Waals surface area contributed by atoms with Crippen molar-refractivity contribution < 1.29 is 0 Å². The van der Waals surface area contributed by atoms with E-state index >= 15 is 0 Å². The number of hydrogen-bond acceptors (Lipinski definition) is 3. The first-order valence-electron chi connectivity index (χ1n) is 6.36. The molecule has 0 saturated heterocycles. The summed E-state index contributed by atoms with van der Waals surface area (Å²) in [5, 5.41) is 5.72. The summed E-state index contributed by atoms with van der Waals surface area (Å²) < 4.78 is 0. The van der Waals surface area contributed by atoms with Crippen LogP contribution in [-0.4, -0.2) is 0 Å². The predicted octanol–water partition coefficient (Wildman–Crippen LogP) is 4.59. The Labute approximate surface area is 113 Å². The highest BCUT2D eigenvalue weighted by Gasteiger charge is 2.11. The van der Waals surface area contributed by atoms with Crippen molar-refractivity contribution in [2.45, 2.75) is 32.7 Å². The van der Waals surface area contributed by atoms with Gasteiger partial charge < -0.3 is 11.1 Å². The second-order valence-corrected chi connectivity index (χ2v) is 5.61. The van der Waals surface area contributed by atoms with Gasteiger partial charge in [0.15, 0.2) is 0 Å². The van der Waals surface area contributed by atoms with Crippen LogP contribution in [0.2, 0.25) is 0 Å². The summed E-state index contributed by atoms with van der Waals surface area (Å²) in [5.74, 6) is 0. The topological polar surface area (TPSA) is 38.0 Å². The van der Waals surface area contributed by atoms with Crippen LogP contribution in [0.5, 0.6) is 0 Å². The lowest BCUT2D eigenvalue weighted by molar-refractivity contribution is 0.687. The molecule has 3 heteroatoms. The van der Waals surface area contributed by atoms with Crippen molar-refractivity contribution in [1.29, 1.82) is 0 Å². The van der Waals surface area contributed by atoms with Gasteiger partial charge in [-0.1, -0.05) is 19.4 Å². The standard InChI is InChI=1S/C15H20N2S/c1-3-5-14(15-6-4-7-18-15)17-13-9-11(2)8-12(16)10-13/h4,6-10,14,17H,3,5,16H2,1-2H3. The lowest BCUT2D eigenvalue weighted by Crippen LogP contribution is -2.09. The normalized spacial score (nSPS) is 12.3. The molecular formula is C15H20N2S. The van der Waals surface area contributed by atoms with Crippen LogP contribution < -0.4 is 11.1 Å². The quantitative estimate of drug-likeness (QED) is 0.771. The highest BCUT2D eigenvalue weighted by Crippen LogP contribution is 2.28. The number of nitrogen functional groups attached to an aromatic ring is 1. The largest absolute Gasteiger partial charge is 0.399 e. The van der Waals surface area contributed by atoms with Gasteiger partial charge in [0.05, 0.1) is 6.04 Å². The Kier molecular flexibility index (Phi) is 4.26. The van der Waals surface area contributed by atoms with E-state index in [0.717, 1.165) is 24.2 Å². The van der Waals surface area contributed by atoms with E-state index in [2.05, 4.69) is 42.7 Å². The van der Waals surface area contributed by atoms with Crippen molar-refractivity contribution in [2.75, 3.05) is 11.1 Å². The molecule has 0 fully saturated rings. The van der Waals surface area contributed by atoms with Gasteiger partial charge in [0.1, 0.15) is 0 Å². The SMILES string of the molecule is CCCC(Nc1cc(C)cc(N)c1)c1cccs1. The van der Waals surface area contributed by atoms with E-state index in [0.29, 0.717) is 6.04 Å².